The minimum absolute atomic E-state index is 0.0959. The highest BCUT2D eigenvalue weighted by atomic mass is 35.5. The molecule has 2 heterocycles. The smallest absolute Gasteiger partial charge is 0.224 e. The highest BCUT2D eigenvalue weighted by molar-refractivity contribution is 6.28. The van der Waals surface area contributed by atoms with Gasteiger partial charge in [0.1, 0.15) is 0 Å². The van der Waals surface area contributed by atoms with E-state index >= 15 is 0 Å². The summed E-state index contributed by atoms with van der Waals surface area (Å²) in [4.78, 5) is 9.46. The number of anilines is 1. The van der Waals surface area contributed by atoms with Crippen LogP contribution in [0.1, 0.15) is 13.8 Å². The lowest BCUT2D eigenvalue weighted by Crippen LogP contribution is -2.22. The highest BCUT2D eigenvalue weighted by Gasteiger charge is 2.28. The molecule has 5 heteroatoms. The Morgan fingerprint density at radius 2 is 2.00 bits per heavy atom. The predicted molar refractivity (Wildman–Crippen MR) is 57.5 cm³/mol. The molecule has 2 unspecified atom stereocenters. The molecule has 82 valence electrons. The lowest BCUT2D eigenvalue weighted by molar-refractivity contribution is 0.494. The lowest BCUT2D eigenvalue weighted by Gasteiger charge is -2.17. The second kappa shape index (κ2) is 3.93. The van der Waals surface area contributed by atoms with E-state index in [0.29, 0.717) is 17.7 Å². The van der Waals surface area contributed by atoms with E-state index in [1.807, 2.05) is 4.90 Å². The van der Waals surface area contributed by atoms with Crippen molar-refractivity contribution in [3.05, 3.63) is 17.3 Å². The third-order valence-corrected chi connectivity index (χ3v) is 3.17. The van der Waals surface area contributed by atoms with Gasteiger partial charge in [-0.05, 0) is 23.4 Å². The number of rotatable bonds is 1. The van der Waals surface area contributed by atoms with Crippen LogP contribution in [0.5, 0.6) is 0 Å². The first-order valence-electron chi connectivity index (χ1n) is 5.01. The Bertz CT molecular complexity index is 362. The van der Waals surface area contributed by atoms with Gasteiger partial charge in [0.15, 0.2) is 11.6 Å². The molecule has 0 N–H and O–H groups in total. The summed E-state index contributed by atoms with van der Waals surface area (Å²) < 4.78 is 13.5. The van der Waals surface area contributed by atoms with Crippen LogP contribution in [-0.4, -0.2) is 23.1 Å². The molecule has 1 fully saturated rings. The van der Waals surface area contributed by atoms with E-state index in [-0.39, 0.29) is 5.28 Å². The van der Waals surface area contributed by atoms with Crippen LogP contribution in [0.25, 0.3) is 0 Å². The molecule has 1 saturated heterocycles. The standard InChI is InChI=1S/C10H13ClFN3/c1-6-4-15(5-7(6)2)9-8(12)3-13-10(11)14-9/h3,6-7H,4-5H2,1-2H3. The monoisotopic (exact) mass is 229 g/mol. The fourth-order valence-corrected chi connectivity index (χ4v) is 1.99. The lowest BCUT2D eigenvalue weighted by atomic mass is 10.0. The Hall–Kier alpha value is -0.900. The van der Waals surface area contributed by atoms with E-state index in [1.54, 1.807) is 0 Å². The molecule has 1 aromatic heterocycles. The van der Waals surface area contributed by atoms with Gasteiger partial charge in [0, 0.05) is 13.1 Å². The van der Waals surface area contributed by atoms with Crippen molar-refractivity contribution in [1.29, 1.82) is 0 Å². The Kier molecular flexibility index (Phi) is 2.78. The van der Waals surface area contributed by atoms with Crippen LogP contribution in [0.3, 0.4) is 0 Å². The minimum Gasteiger partial charge on any atom is -0.353 e. The third kappa shape index (κ3) is 2.04. The van der Waals surface area contributed by atoms with Gasteiger partial charge in [-0.1, -0.05) is 13.8 Å². The largest absolute Gasteiger partial charge is 0.353 e. The SMILES string of the molecule is CC1CN(c2nc(Cl)ncc2F)CC1C. The van der Waals surface area contributed by atoms with Gasteiger partial charge in [0.05, 0.1) is 6.20 Å². The van der Waals surface area contributed by atoms with E-state index in [4.69, 9.17) is 11.6 Å². The Morgan fingerprint density at radius 1 is 1.40 bits per heavy atom. The molecular formula is C10H13ClFN3. The maximum Gasteiger partial charge on any atom is 0.224 e. The first-order valence-corrected chi connectivity index (χ1v) is 5.38. The molecule has 1 aliphatic rings. The summed E-state index contributed by atoms with van der Waals surface area (Å²) in [7, 11) is 0. The average Bonchev–Trinajstić information content (AvgIpc) is 2.51. The molecular weight excluding hydrogens is 217 g/mol. The van der Waals surface area contributed by atoms with Crippen molar-refractivity contribution in [1.82, 2.24) is 9.97 Å². The van der Waals surface area contributed by atoms with Crippen molar-refractivity contribution in [2.24, 2.45) is 11.8 Å². The summed E-state index contributed by atoms with van der Waals surface area (Å²) in [6, 6.07) is 0. The Balaban J connectivity index is 2.27. The van der Waals surface area contributed by atoms with Crippen molar-refractivity contribution < 1.29 is 4.39 Å². The maximum absolute atomic E-state index is 13.5. The van der Waals surface area contributed by atoms with Gasteiger partial charge < -0.3 is 4.90 Å². The fraction of sp³-hybridized carbons (Fsp3) is 0.600. The summed E-state index contributed by atoms with van der Waals surface area (Å²) in [5.74, 6) is 1.03. The average molecular weight is 230 g/mol. The summed E-state index contributed by atoms with van der Waals surface area (Å²) in [5.41, 5.74) is 0. The minimum atomic E-state index is -0.402. The molecule has 2 rings (SSSR count). The molecule has 2 atom stereocenters. The highest BCUT2D eigenvalue weighted by Crippen LogP contribution is 2.28. The van der Waals surface area contributed by atoms with Crippen LogP contribution in [0.15, 0.2) is 6.20 Å². The second-order valence-corrected chi connectivity index (χ2v) is 4.51. The van der Waals surface area contributed by atoms with Crippen LogP contribution < -0.4 is 4.90 Å². The first kappa shape index (κ1) is 10.6. The zero-order chi connectivity index (χ0) is 11.0. The maximum atomic E-state index is 13.5. The predicted octanol–water partition coefficient (Wildman–Crippen LogP) is 2.36. The van der Waals surface area contributed by atoms with Crippen LogP contribution in [0.2, 0.25) is 5.28 Å². The van der Waals surface area contributed by atoms with Gasteiger partial charge in [-0.2, -0.15) is 4.98 Å². The summed E-state index contributed by atoms with van der Waals surface area (Å²) in [5, 5.41) is 0.0959. The van der Waals surface area contributed by atoms with Gasteiger partial charge in [0.25, 0.3) is 0 Å². The van der Waals surface area contributed by atoms with Crippen LogP contribution in [0, 0.1) is 17.7 Å². The molecule has 0 amide bonds. The number of hydrogen-bond donors (Lipinski definition) is 0. The number of halogens is 2. The number of aromatic nitrogens is 2. The molecule has 0 aliphatic carbocycles. The van der Waals surface area contributed by atoms with Crippen LogP contribution in [0.4, 0.5) is 10.2 Å². The summed E-state index contributed by atoms with van der Waals surface area (Å²) in [6.45, 7) is 5.97. The molecule has 0 bridgehead atoms. The van der Waals surface area contributed by atoms with E-state index in [9.17, 15) is 4.39 Å². The van der Waals surface area contributed by atoms with Gasteiger partial charge in [-0.25, -0.2) is 9.37 Å². The van der Waals surface area contributed by atoms with Crippen LogP contribution >= 0.6 is 11.6 Å². The van der Waals surface area contributed by atoms with E-state index in [2.05, 4.69) is 23.8 Å². The summed E-state index contributed by atoms with van der Waals surface area (Å²) >= 11 is 5.65. The molecule has 1 aliphatic heterocycles. The zero-order valence-corrected chi connectivity index (χ0v) is 9.50. The van der Waals surface area contributed by atoms with Gasteiger partial charge >= 0.3 is 0 Å². The Labute approximate surface area is 93.3 Å². The van der Waals surface area contributed by atoms with E-state index in [0.717, 1.165) is 19.3 Å². The molecule has 0 spiro atoms. The first-order chi connectivity index (χ1) is 7.08. The molecule has 0 saturated carbocycles. The van der Waals surface area contributed by atoms with Crippen molar-refractivity contribution in [2.75, 3.05) is 18.0 Å². The number of nitrogens with zero attached hydrogens (tertiary/aromatic N) is 3. The van der Waals surface area contributed by atoms with Crippen molar-refractivity contribution in [2.45, 2.75) is 13.8 Å². The molecule has 0 radical (unpaired) electrons. The molecule has 15 heavy (non-hydrogen) atoms. The van der Waals surface area contributed by atoms with Gasteiger partial charge in [0.2, 0.25) is 5.28 Å². The Morgan fingerprint density at radius 3 is 2.60 bits per heavy atom. The third-order valence-electron chi connectivity index (χ3n) is 2.98. The van der Waals surface area contributed by atoms with Crippen molar-refractivity contribution in [3.8, 4) is 0 Å². The van der Waals surface area contributed by atoms with Gasteiger partial charge in [-0.15, -0.1) is 0 Å². The zero-order valence-electron chi connectivity index (χ0n) is 8.74. The topological polar surface area (TPSA) is 29.0 Å². The van der Waals surface area contributed by atoms with E-state index < -0.39 is 5.82 Å². The van der Waals surface area contributed by atoms with Crippen molar-refractivity contribution >= 4 is 17.4 Å². The number of hydrogen-bond acceptors (Lipinski definition) is 3. The molecule has 1 aromatic rings. The van der Waals surface area contributed by atoms with Crippen molar-refractivity contribution in [3.63, 3.8) is 0 Å². The molecule has 3 nitrogen and oxygen atoms in total. The normalized spacial score (nSPS) is 26.0. The van der Waals surface area contributed by atoms with Crippen LogP contribution in [-0.2, 0) is 0 Å². The van der Waals surface area contributed by atoms with E-state index in [1.165, 1.54) is 0 Å². The summed E-state index contributed by atoms with van der Waals surface area (Å²) in [6.07, 6.45) is 1.12. The fourth-order valence-electron chi connectivity index (χ4n) is 1.86. The molecule has 0 aromatic carbocycles. The van der Waals surface area contributed by atoms with Gasteiger partial charge in [-0.3, -0.25) is 0 Å². The quantitative estimate of drug-likeness (QED) is 0.693. The second-order valence-electron chi connectivity index (χ2n) is 4.17.